The molecule has 0 aliphatic carbocycles. The molecule has 0 amide bonds. The van der Waals surface area contributed by atoms with Crippen molar-refractivity contribution < 1.29 is 14.6 Å². The van der Waals surface area contributed by atoms with Crippen LogP contribution in [0, 0.1) is 0 Å². The third-order valence-corrected chi connectivity index (χ3v) is 7.20. The molecule has 0 atom stereocenters. The van der Waals surface area contributed by atoms with Crippen LogP contribution in [0.5, 0.6) is 5.88 Å². The van der Waals surface area contributed by atoms with Crippen molar-refractivity contribution in [1.82, 2.24) is 9.88 Å². The average Bonchev–Trinajstić information content (AvgIpc) is 3.24. The summed E-state index contributed by atoms with van der Waals surface area (Å²) in [5.41, 5.74) is 5.29. The van der Waals surface area contributed by atoms with Gasteiger partial charge in [0.25, 0.3) is 0 Å². The number of carbonyl (C=O) groups is 1. The number of hydrogen-bond acceptors (Lipinski definition) is 6. The predicted octanol–water partition coefficient (Wildman–Crippen LogP) is 5.77. The summed E-state index contributed by atoms with van der Waals surface area (Å²) in [4.78, 5) is 22.7. The Morgan fingerprint density at radius 2 is 1.78 bits per heavy atom. The number of carbonyl (C=O) groups excluding carboxylic acids is 1. The van der Waals surface area contributed by atoms with Gasteiger partial charge in [0.15, 0.2) is 5.88 Å². The van der Waals surface area contributed by atoms with Gasteiger partial charge in [-0.1, -0.05) is 48.5 Å². The Hall–Kier alpha value is -3.55. The van der Waals surface area contributed by atoms with Crippen LogP contribution in [0.1, 0.15) is 34.0 Å². The molecule has 2 N–H and O–H groups in total. The third-order valence-electron chi connectivity index (χ3n) is 6.26. The van der Waals surface area contributed by atoms with E-state index in [1.54, 1.807) is 19.1 Å². The van der Waals surface area contributed by atoms with Crippen molar-refractivity contribution in [2.24, 2.45) is 4.99 Å². The maximum atomic E-state index is 12.2. The lowest BCUT2D eigenvalue weighted by Crippen LogP contribution is -2.31. The maximum Gasteiger partial charge on any atom is 0.338 e. The lowest BCUT2D eigenvalue weighted by molar-refractivity contribution is 0.0526. The second kappa shape index (κ2) is 11.0. The standard InChI is InChI=1S/C29H29N3O3S/c1-2-35-29(34)22-10-13-24-25(18-22)31-28(33)26(24)27(21-6-4-3-5-7-21)30-23-11-8-20(9-12-23)19-32-14-16-36-17-15-32/h3-13,18,31,33H,2,14-17,19H2,1H3. The summed E-state index contributed by atoms with van der Waals surface area (Å²) >= 11 is 2.02. The van der Waals surface area contributed by atoms with Crippen molar-refractivity contribution >= 4 is 40.0 Å². The van der Waals surface area contributed by atoms with Crippen molar-refractivity contribution in [3.05, 3.63) is 95.1 Å². The van der Waals surface area contributed by atoms with Crippen LogP contribution in [0.3, 0.4) is 0 Å². The highest BCUT2D eigenvalue weighted by Gasteiger charge is 2.20. The molecule has 5 rings (SSSR count). The summed E-state index contributed by atoms with van der Waals surface area (Å²) in [5.74, 6) is 2.00. The van der Waals surface area contributed by atoms with Crippen LogP contribution in [0.4, 0.5) is 5.69 Å². The van der Waals surface area contributed by atoms with Crippen LogP contribution < -0.4 is 0 Å². The number of aromatic nitrogens is 1. The summed E-state index contributed by atoms with van der Waals surface area (Å²) < 4.78 is 5.12. The predicted molar refractivity (Wildman–Crippen MR) is 147 cm³/mol. The maximum absolute atomic E-state index is 12.2. The fraction of sp³-hybridized carbons (Fsp3) is 0.241. The minimum atomic E-state index is -0.393. The number of nitrogens with zero attached hydrogens (tertiary/aromatic N) is 2. The molecule has 0 bridgehead atoms. The number of H-pyrrole nitrogens is 1. The topological polar surface area (TPSA) is 77.9 Å². The number of nitrogens with one attached hydrogen (secondary N) is 1. The highest BCUT2D eigenvalue weighted by atomic mass is 32.2. The van der Waals surface area contributed by atoms with Crippen LogP contribution >= 0.6 is 11.8 Å². The Morgan fingerprint density at radius 1 is 1.03 bits per heavy atom. The van der Waals surface area contributed by atoms with Gasteiger partial charge in [0.1, 0.15) is 0 Å². The van der Waals surface area contributed by atoms with E-state index in [0.29, 0.717) is 29.0 Å². The zero-order valence-corrected chi connectivity index (χ0v) is 21.1. The third kappa shape index (κ3) is 5.32. The van der Waals surface area contributed by atoms with Gasteiger partial charge >= 0.3 is 5.97 Å². The number of aromatic hydroxyl groups is 1. The molecule has 1 aromatic heterocycles. The Kier molecular flexibility index (Phi) is 7.39. The van der Waals surface area contributed by atoms with Gasteiger partial charge < -0.3 is 14.8 Å². The molecule has 3 aromatic carbocycles. The molecular weight excluding hydrogens is 470 g/mol. The Labute approximate surface area is 215 Å². The number of esters is 1. The fourth-order valence-electron chi connectivity index (χ4n) is 4.45. The molecule has 1 fully saturated rings. The highest BCUT2D eigenvalue weighted by molar-refractivity contribution is 7.99. The molecule has 0 radical (unpaired) electrons. The van der Waals surface area contributed by atoms with Gasteiger partial charge in [0, 0.05) is 47.6 Å². The van der Waals surface area contributed by atoms with Gasteiger partial charge in [0.2, 0.25) is 0 Å². The quantitative estimate of drug-likeness (QED) is 0.249. The molecule has 184 valence electrons. The molecule has 1 aliphatic rings. The smallest absolute Gasteiger partial charge is 0.338 e. The number of rotatable bonds is 7. The molecule has 0 spiro atoms. The van der Waals surface area contributed by atoms with Crippen molar-refractivity contribution in [3.63, 3.8) is 0 Å². The fourth-order valence-corrected chi connectivity index (χ4v) is 5.43. The minimum Gasteiger partial charge on any atom is -0.494 e. The SMILES string of the molecule is CCOC(=O)c1ccc2c(C(=Nc3ccc(CN4CCSCC4)cc3)c3ccccc3)c(O)[nH]c2c1. The molecule has 0 saturated carbocycles. The monoisotopic (exact) mass is 499 g/mol. The van der Waals surface area contributed by atoms with E-state index in [1.165, 1.54) is 17.1 Å². The molecule has 1 saturated heterocycles. The first-order valence-corrected chi connectivity index (χ1v) is 13.3. The highest BCUT2D eigenvalue weighted by Crippen LogP contribution is 2.32. The Bertz CT molecular complexity index is 1370. The number of thioether (sulfide) groups is 1. The number of hydrogen-bond donors (Lipinski definition) is 2. The molecule has 0 unspecified atom stereocenters. The first-order valence-electron chi connectivity index (χ1n) is 12.2. The van der Waals surface area contributed by atoms with Crippen LogP contribution in [0.25, 0.3) is 10.9 Å². The Morgan fingerprint density at radius 3 is 2.50 bits per heavy atom. The zero-order valence-electron chi connectivity index (χ0n) is 20.2. The Balaban J connectivity index is 1.52. The van der Waals surface area contributed by atoms with Crippen molar-refractivity contribution in [1.29, 1.82) is 0 Å². The van der Waals surface area contributed by atoms with Crippen molar-refractivity contribution in [3.8, 4) is 5.88 Å². The number of aliphatic imine (C=N–C) groups is 1. The molecule has 7 heteroatoms. The number of ether oxygens (including phenoxy) is 1. The lowest BCUT2D eigenvalue weighted by atomic mass is 10.00. The first-order chi connectivity index (χ1) is 17.6. The van der Waals surface area contributed by atoms with Gasteiger partial charge in [-0.3, -0.25) is 4.90 Å². The van der Waals surface area contributed by atoms with Crippen molar-refractivity contribution in [2.45, 2.75) is 13.5 Å². The molecule has 6 nitrogen and oxygen atoms in total. The van der Waals surface area contributed by atoms with E-state index in [0.717, 1.165) is 36.3 Å². The van der Waals surface area contributed by atoms with Gasteiger partial charge in [-0.2, -0.15) is 11.8 Å². The van der Waals surface area contributed by atoms with Crippen LogP contribution in [0.2, 0.25) is 0 Å². The molecular formula is C29H29N3O3S. The van der Waals surface area contributed by atoms with E-state index in [9.17, 15) is 9.90 Å². The molecule has 4 aromatic rings. The number of benzene rings is 3. The molecule has 1 aliphatic heterocycles. The zero-order chi connectivity index (χ0) is 24.9. The van der Waals surface area contributed by atoms with E-state index in [4.69, 9.17) is 9.73 Å². The number of fused-ring (bicyclic) bond motifs is 1. The van der Waals surface area contributed by atoms with Crippen LogP contribution in [-0.4, -0.2) is 57.9 Å². The van der Waals surface area contributed by atoms with E-state index < -0.39 is 5.97 Å². The second-order valence-electron chi connectivity index (χ2n) is 8.71. The van der Waals surface area contributed by atoms with E-state index in [-0.39, 0.29) is 5.88 Å². The minimum absolute atomic E-state index is 0.00759. The number of aromatic amines is 1. The largest absolute Gasteiger partial charge is 0.494 e. The van der Waals surface area contributed by atoms with E-state index >= 15 is 0 Å². The molecule has 2 heterocycles. The normalized spacial score (nSPS) is 14.8. The summed E-state index contributed by atoms with van der Waals surface area (Å²) in [5, 5.41) is 11.7. The summed E-state index contributed by atoms with van der Waals surface area (Å²) in [6, 6.07) is 23.4. The summed E-state index contributed by atoms with van der Waals surface area (Å²) in [7, 11) is 0. The van der Waals surface area contributed by atoms with Gasteiger partial charge in [0.05, 0.1) is 29.1 Å². The molecule has 36 heavy (non-hydrogen) atoms. The lowest BCUT2D eigenvalue weighted by Gasteiger charge is -2.26. The van der Waals surface area contributed by atoms with Gasteiger partial charge in [-0.25, -0.2) is 9.79 Å². The van der Waals surface area contributed by atoms with E-state index in [2.05, 4.69) is 22.0 Å². The average molecular weight is 500 g/mol. The second-order valence-corrected chi connectivity index (χ2v) is 9.94. The van der Waals surface area contributed by atoms with Gasteiger partial charge in [-0.15, -0.1) is 0 Å². The van der Waals surface area contributed by atoms with E-state index in [1.807, 2.05) is 60.3 Å². The summed E-state index contributed by atoms with van der Waals surface area (Å²) in [6.07, 6.45) is 0. The van der Waals surface area contributed by atoms with Gasteiger partial charge in [-0.05, 0) is 36.8 Å². The first kappa shape index (κ1) is 24.2. The van der Waals surface area contributed by atoms with Crippen molar-refractivity contribution in [2.75, 3.05) is 31.2 Å². The summed E-state index contributed by atoms with van der Waals surface area (Å²) in [6.45, 7) is 5.28. The van der Waals surface area contributed by atoms with Crippen LogP contribution in [-0.2, 0) is 11.3 Å². The van der Waals surface area contributed by atoms with Crippen LogP contribution in [0.15, 0.2) is 77.8 Å².